The number of nitrogens with zero attached hydrogens (tertiary/aromatic N) is 2. The number of thiocarbonyl (C=S) groups is 1. The second kappa shape index (κ2) is 10.3. The molecule has 0 radical (unpaired) electrons. The summed E-state index contributed by atoms with van der Waals surface area (Å²) in [7, 11) is -3.79. The number of nitrogens with one attached hydrogen (secondary N) is 1. The lowest BCUT2D eigenvalue weighted by molar-refractivity contribution is -0.122. The number of imide groups is 1. The first-order valence-corrected chi connectivity index (χ1v) is 12.9. The van der Waals surface area contributed by atoms with Gasteiger partial charge in [-0.3, -0.25) is 9.59 Å². The van der Waals surface area contributed by atoms with Gasteiger partial charge < -0.3 is 10.2 Å². The van der Waals surface area contributed by atoms with E-state index in [-0.39, 0.29) is 23.1 Å². The van der Waals surface area contributed by atoms with E-state index in [4.69, 9.17) is 17.4 Å². The van der Waals surface area contributed by atoms with E-state index in [0.29, 0.717) is 23.8 Å². The third-order valence-corrected chi connectivity index (χ3v) is 6.96. The van der Waals surface area contributed by atoms with E-state index in [9.17, 15) is 18.0 Å². The van der Waals surface area contributed by atoms with Crippen LogP contribution in [0.1, 0.15) is 12.0 Å². The average molecular weight is 509 g/mol. The molecule has 0 spiro atoms. The minimum absolute atomic E-state index is 0.00527. The van der Waals surface area contributed by atoms with Gasteiger partial charge in [0.2, 0.25) is 15.9 Å². The van der Waals surface area contributed by atoms with Crippen LogP contribution in [0.4, 0.5) is 11.4 Å². The molecule has 180 valence electrons. The zero-order valence-corrected chi connectivity index (χ0v) is 20.3. The maximum Gasteiger partial charge on any atom is 0.257 e. The first-order chi connectivity index (χ1) is 16.7. The number of sulfonamides is 1. The molecule has 0 saturated carbocycles. The number of carbonyl (C=O) groups excluding carboxylic acids is 2. The standard InChI is InChI=1S/C25H24N4O4S2/c26-35(32,33)21-13-11-18(12-14-21)15-16-28(25(34)27-19-7-3-1-4-8-19)22-17-23(30)29(24(22)31)20-9-5-2-6-10-20/h1-14,22H,15-17H2,(H,27,34)(H2,26,32,33). The Bertz CT molecular complexity index is 1330. The monoisotopic (exact) mass is 508 g/mol. The van der Waals surface area contributed by atoms with Gasteiger partial charge in [0.05, 0.1) is 17.0 Å². The largest absolute Gasteiger partial charge is 0.336 e. The Kier molecular flexibility index (Phi) is 7.25. The topological polar surface area (TPSA) is 113 Å². The van der Waals surface area contributed by atoms with Gasteiger partial charge in [-0.25, -0.2) is 18.5 Å². The Morgan fingerprint density at radius 3 is 2.17 bits per heavy atom. The lowest BCUT2D eigenvalue weighted by atomic mass is 10.1. The number of carbonyl (C=O) groups is 2. The summed E-state index contributed by atoms with van der Waals surface area (Å²) >= 11 is 5.66. The smallest absolute Gasteiger partial charge is 0.257 e. The molecule has 0 bridgehead atoms. The van der Waals surface area contributed by atoms with Crippen LogP contribution in [0.2, 0.25) is 0 Å². The molecule has 1 saturated heterocycles. The maximum absolute atomic E-state index is 13.4. The summed E-state index contributed by atoms with van der Waals surface area (Å²) < 4.78 is 23.1. The molecule has 8 nitrogen and oxygen atoms in total. The van der Waals surface area contributed by atoms with Crippen LogP contribution in [0.3, 0.4) is 0 Å². The highest BCUT2D eigenvalue weighted by Crippen LogP contribution is 2.26. The van der Waals surface area contributed by atoms with Crippen LogP contribution in [0.25, 0.3) is 0 Å². The number of hydrogen-bond donors (Lipinski definition) is 2. The third-order valence-electron chi connectivity index (χ3n) is 5.69. The van der Waals surface area contributed by atoms with Gasteiger partial charge in [-0.2, -0.15) is 0 Å². The van der Waals surface area contributed by atoms with Gasteiger partial charge in [0.1, 0.15) is 6.04 Å². The van der Waals surface area contributed by atoms with Crippen molar-refractivity contribution >= 4 is 50.5 Å². The van der Waals surface area contributed by atoms with E-state index >= 15 is 0 Å². The Morgan fingerprint density at radius 1 is 0.971 bits per heavy atom. The SMILES string of the molecule is NS(=O)(=O)c1ccc(CCN(C(=S)Nc2ccccc2)C2CC(=O)N(c3ccccc3)C2=O)cc1. The summed E-state index contributed by atoms with van der Waals surface area (Å²) in [4.78, 5) is 29.2. The molecule has 1 aliphatic heterocycles. The van der Waals surface area contributed by atoms with Crippen LogP contribution in [0, 0.1) is 0 Å². The Morgan fingerprint density at radius 2 is 1.57 bits per heavy atom. The van der Waals surface area contributed by atoms with E-state index < -0.39 is 16.1 Å². The van der Waals surface area contributed by atoms with Gasteiger partial charge in [-0.15, -0.1) is 0 Å². The normalized spacial score (nSPS) is 15.8. The zero-order valence-electron chi connectivity index (χ0n) is 18.7. The molecule has 4 rings (SSSR count). The van der Waals surface area contributed by atoms with Crippen molar-refractivity contribution in [2.45, 2.75) is 23.8 Å². The quantitative estimate of drug-likeness (QED) is 0.373. The Labute approximate surface area is 209 Å². The van der Waals surface area contributed by atoms with Gasteiger partial charge in [0.25, 0.3) is 5.91 Å². The van der Waals surface area contributed by atoms with Crippen LogP contribution >= 0.6 is 12.2 Å². The van der Waals surface area contributed by atoms with Gasteiger partial charge in [-0.1, -0.05) is 48.5 Å². The molecule has 1 heterocycles. The summed E-state index contributed by atoms with van der Waals surface area (Å²) in [6, 6.07) is 23.6. The van der Waals surface area contributed by atoms with Crippen molar-refractivity contribution in [3.8, 4) is 0 Å². The lowest BCUT2D eigenvalue weighted by Gasteiger charge is -2.30. The van der Waals surface area contributed by atoms with Crippen molar-refractivity contribution in [1.29, 1.82) is 0 Å². The van der Waals surface area contributed by atoms with Crippen molar-refractivity contribution in [2.75, 3.05) is 16.8 Å². The molecule has 1 unspecified atom stereocenters. The fourth-order valence-electron chi connectivity index (χ4n) is 3.92. The molecule has 10 heteroatoms. The fourth-order valence-corrected chi connectivity index (χ4v) is 4.77. The minimum Gasteiger partial charge on any atom is -0.336 e. The van der Waals surface area contributed by atoms with Crippen LogP contribution in [0.5, 0.6) is 0 Å². The number of anilines is 2. The molecule has 1 aliphatic rings. The van der Waals surface area contributed by atoms with E-state index in [0.717, 1.165) is 11.3 Å². The molecular weight excluding hydrogens is 484 g/mol. The summed E-state index contributed by atoms with van der Waals surface area (Å²) in [6.07, 6.45) is 0.458. The van der Waals surface area contributed by atoms with Gasteiger partial charge in [-0.05, 0) is 60.6 Å². The third kappa shape index (κ3) is 5.73. The van der Waals surface area contributed by atoms with Crippen molar-refractivity contribution < 1.29 is 18.0 Å². The molecule has 1 fully saturated rings. The van der Waals surface area contributed by atoms with Gasteiger partial charge in [0.15, 0.2) is 5.11 Å². The summed E-state index contributed by atoms with van der Waals surface area (Å²) in [5, 5.41) is 8.65. The molecule has 1 atom stereocenters. The highest BCUT2D eigenvalue weighted by molar-refractivity contribution is 7.89. The van der Waals surface area contributed by atoms with Crippen LogP contribution in [-0.4, -0.2) is 42.8 Å². The van der Waals surface area contributed by atoms with Crippen molar-refractivity contribution in [1.82, 2.24) is 4.90 Å². The molecular formula is C25H24N4O4S2. The molecule has 0 aromatic heterocycles. The fraction of sp³-hybridized carbons (Fsp3) is 0.160. The molecule has 0 aliphatic carbocycles. The van der Waals surface area contributed by atoms with Crippen molar-refractivity contribution in [3.05, 3.63) is 90.5 Å². The summed E-state index contributed by atoms with van der Waals surface area (Å²) in [6.45, 7) is 0.333. The number of rotatable bonds is 7. The molecule has 3 aromatic carbocycles. The summed E-state index contributed by atoms with van der Waals surface area (Å²) in [5.74, 6) is -0.640. The second-order valence-electron chi connectivity index (χ2n) is 8.05. The number of amides is 2. The molecule has 3 N–H and O–H groups in total. The second-order valence-corrected chi connectivity index (χ2v) is 10.00. The first kappa shape index (κ1) is 24.5. The van der Waals surface area contributed by atoms with Gasteiger partial charge >= 0.3 is 0 Å². The molecule has 2 amide bonds. The lowest BCUT2D eigenvalue weighted by Crippen LogP contribution is -2.48. The first-order valence-electron chi connectivity index (χ1n) is 10.9. The predicted octanol–water partition coefficient (Wildman–Crippen LogP) is 2.91. The average Bonchev–Trinajstić information content (AvgIpc) is 3.13. The van der Waals surface area contributed by atoms with Crippen LogP contribution in [-0.2, 0) is 26.0 Å². The summed E-state index contributed by atoms with van der Waals surface area (Å²) in [5.41, 5.74) is 2.11. The van der Waals surface area contributed by atoms with Gasteiger partial charge in [0, 0.05) is 12.2 Å². The highest BCUT2D eigenvalue weighted by Gasteiger charge is 2.43. The maximum atomic E-state index is 13.4. The predicted molar refractivity (Wildman–Crippen MR) is 138 cm³/mol. The van der Waals surface area contributed by atoms with Crippen molar-refractivity contribution in [2.24, 2.45) is 5.14 Å². The number of para-hydroxylation sites is 2. The number of nitrogens with two attached hydrogens (primary N) is 1. The van der Waals surface area contributed by atoms with Crippen LogP contribution in [0.15, 0.2) is 89.8 Å². The minimum atomic E-state index is -3.79. The van der Waals surface area contributed by atoms with E-state index in [1.807, 2.05) is 36.4 Å². The number of primary sulfonamides is 1. The van der Waals surface area contributed by atoms with Crippen molar-refractivity contribution in [3.63, 3.8) is 0 Å². The Hall–Kier alpha value is -3.60. The van der Waals surface area contributed by atoms with E-state index in [1.54, 1.807) is 41.3 Å². The highest BCUT2D eigenvalue weighted by atomic mass is 32.2. The Balaban J connectivity index is 1.57. The van der Waals surface area contributed by atoms with E-state index in [1.165, 1.54) is 17.0 Å². The van der Waals surface area contributed by atoms with Crippen LogP contribution < -0.4 is 15.4 Å². The zero-order chi connectivity index (χ0) is 25.0. The molecule has 3 aromatic rings. The number of hydrogen-bond acceptors (Lipinski definition) is 5. The number of benzene rings is 3. The van der Waals surface area contributed by atoms with E-state index in [2.05, 4.69) is 5.32 Å². The molecule has 35 heavy (non-hydrogen) atoms.